The highest BCUT2D eigenvalue weighted by Crippen LogP contribution is 2.39. The number of ether oxygens (including phenoxy) is 8. The Labute approximate surface area is 404 Å². The lowest BCUT2D eigenvalue weighted by molar-refractivity contribution is -0.525. The van der Waals surface area contributed by atoms with Gasteiger partial charge in [-0.25, -0.2) is 30.6 Å². The molecule has 36 nitrogen and oxygen atoms in total. The number of aliphatic hydroxyl groups is 5. The Morgan fingerprint density at radius 2 is 0.986 bits per heavy atom. The predicted molar refractivity (Wildman–Crippen MR) is 208 cm³/mol. The second kappa shape index (κ2) is 30.0. The van der Waals surface area contributed by atoms with E-state index in [1.807, 2.05) is 0 Å². The van der Waals surface area contributed by atoms with Crippen LogP contribution in [-0.4, -0.2) is 223 Å². The molecule has 0 aromatic heterocycles. The fourth-order valence-electron chi connectivity index (χ4n) is 7.22. The van der Waals surface area contributed by atoms with Crippen LogP contribution in [-0.2, 0) is 108 Å². The predicted octanol–water partition coefficient (Wildman–Crippen LogP) is -4.61. The molecule has 0 saturated carbocycles. The number of hydrogen-bond donors (Lipinski definition) is 13. The molecule has 0 aromatic carbocycles. The van der Waals surface area contributed by atoms with Gasteiger partial charge in [-0.15, -0.1) is 19.6 Å². The van der Waals surface area contributed by atoms with Crippen LogP contribution in [0.2, 0.25) is 0 Å². The van der Waals surface area contributed by atoms with Crippen molar-refractivity contribution in [2.45, 2.75) is 137 Å². The van der Waals surface area contributed by atoms with Crippen LogP contribution < -0.4 is 10.6 Å². The van der Waals surface area contributed by atoms with E-state index in [1.54, 1.807) is 0 Å². The molecule has 0 bridgehead atoms. The van der Waals surface area contributed by atoms with E-state index >= 15 is 0 Å². The monoisotopic (exact) mass is 1090 g/mol. The molecule has 4 aliphatic rings. The van der Waals surface area contributed by atoms with Crippen LogP contribution in [0.4, 0.5) is 0 Å². The normalized spacial score (nSPS) is 37.9. The molecule has 20 atom stereocenters. The van der Waals surface area contributed by atoms with Gasteiger partial charge in [-0.2, -0.15) is 4.89 Å². The van der Waals surface area contributed by atoms with Crippen LogP contribution in [0.5, 0.6) is 0 Å². The lowest BCUT2D eigenvalue weighted by atomic mass is 9.94. The molecule has 0 radical (unpaired) electrons. The zero-order valence-electron chi connectivity index (χ0n) is 35.5. The molecule has 0 spiro atoms. The molecule has 70 heavy (non-hydrogen) atoms. The Hall–Kier alpha value is -2.45. The van der Waals surface area contributed by atoms with Gasteiger partial charge in [0.15, 0.2) is 92.7 Å². The quantitative estimate of drug-likeness (QED) is 0.0110. The molecular formula is C31H48N2O34S3. The van der Waals surface area contributed by atoms with Crippen molar-refractivity contribution in [2.24, 2.45) is 0 Å². The maximum Gasteiger partial charge on any atom is 0.335 e. The highest BCUT2D eigenvalue weighted by molar-refractivity contribution is 7.90. The van der Waals surface area contributed by atoms with Gasteiger partial charge in [0, 0.05) is 13.8 Å². The minimum Gasteiger partial charge on any atom is -0.479 e. The number of carbonyl (C=O) groups excluding carboxylic acids is 2. The van der Waals surface area contributed by atoms with Gasteiger partial charge in [-0.05, 0) is 0 Å². The van der Waals surface area contributed by atoms with Crippen LogP contribution >= 0.6 is 37.0 Å². The molecule has 404 valence electrons. The van der Waals surface area contributed by atoms with Gasteiger partial charge >= 0.3 is 11.9 Å². The van der Waals surface area contributed by atoms with Gasteiger partial charge < -0.3 is 84.3 Å². The number of rotatable bonds is 29. The minimum atomic E-state index is -2.43. The molecule has 8 unspecified atom stereocenters. The zero-order valence-corrected chi connectivity index (χ0v) is 37.9. The van der Waals surface area contributed by atoms with E-state index in [9.17, 15) is 54.9 Å². The third kappa shape index (κ3) is 15.8. The number of carbonyl (C=O) groups is 4. The summed E-state index contributed by atoms with van der Waals surface area (Å²) < 4.78 is 75.6. The topological polar surface area (TPSA) is 490 Å². The smallest absolute Gasteiger partial charge is 0.335 e. The van der Waals surface area contributed by atoms with Crippen molar-refractivity contribution >= 4 is 60.7 Å². The van der Waals surface area contributed by atoms with Gasteiger partial charge in [-0.3, -0.25) is 22.1 Å². The Morgan fingerprint density at radius 3 is 1.41 bits per heavy atom. The van der Waals surface area contributed by atoms with E-state index in [0.717, 1.165) is 13.8 Å². The standard InChI is InChI=1S/C31H48N2O34S3/c1-4-5-49-28-12(32-8(2)36)17(14(38)10(6-34)50-28)52-31-25(60-70-67-64-48)22(58-68-65-62-46)21(23(56-31)27(43)44)55-29-13(33-9(3)37)18(15(39)11(7-35)51-29)53-30-24(59-69-66-63-47)19(57-61-45)16(40)20(54-30)26(41)42/h4,10-25,28-31,34-35,38-40,45-48H,1,5-7H2,2-3H3,(H,32,36)(H,33,37)(H,41,42)(H,43,44)/t10?,11?,12-,13-,14-,15-,16-,17+,18+,19-,20?,21-,22-,23?,24-,25-,28?,29?,30?,31?/m0/s1. The fourth-order valence-corrected chi connectivity index (χ4v) is 8.29. The highest BCUT2D eigenvalue weighted by Gasteiger charge is 2.60. The van der Waals surface area contributed by atoms with E-state index in [2.05, 4.69) is 55.3 Å². The summed E-state index contributed by atoms with van der Waals surface area (Å²) >= 11 is -0.661. The summed E-state index contributed by atoms with van der Waals surface area (Å²) in [6, 6.07) is -3.48. The van der Waals surface area contributed by atoms with E-state index in [0.29, 0.717) is 0 Å². The minimum absolute atomic E-state index is 0.204. The lowest BCUT2D eigenvalue weighted by Gasteiger charge is -2.50. The third-order valence-corrected chi connectivity index (χ3v) is 11.2. The number of amides is 2. The van der Waals surface area contributed by atoms with Gasteiger partial charge in [0.25, 0.3) is 0 Å². The van der Waals surface area contributed by atoms with Crippen LogP contribution in [0.3, 0.4) is 0 Å². The summed E-state index contributed by atoms with van der Waals surface area (Å²) in [6.07, 6.45) is -35.8. The van der Waals surface area contributed by atoms with Crippen molar-refractivity contribution < 1.29 is 164 Å². The number of nitrogens with one attached hydrogen (secondary N) is 2. The zero-order chi connectivity index (χ0) is 51.7. The lowest BCUT2D eigenvalue weighted by Crippen LogP contribution is -2.71. The molecule has 39 heteroatoms. The van der Waals surface area contributed by atoms with Crippen molar-refractivity contribution in [2.75, 3.05) is 19.8 Å². The molecule has 4 heterocycles. The molecule has 13 N–H and O–H groups in total. The Bertz CT molecular complexity index is 1640. The maximum atomic E-state index is 13.2. The molecule has 4 fully saturated rings. The van der Waals surface area contributed by atoms with Gasteiger partial charge in [0.1, 0.15) is 67.0 Å². The average Bonchev–Trinajstić information content (AvgIpc) is 3.31. The Kier molecular flexibility index (Phi) is 25.8. The summed E-state index contributed by atoms with van der Waals surface area (Å²) in [6.45, 7) is 3.27. The van der Waals surface area contributed by atoms with E-state index < -0.39 is 160 Å². The third-order valence-electron chi connectivity index (χ3n) is 9.98. The second-order valence-corrected chi connectivity index (χ2v) is 15.7. The molecular weight excluding hydrogens is 1040 g/mol. The second-order valence-electron chi connectivity index (χ2n) is 14.3. The SMILES string of the molecule is C=CCOC1OC(CO)[C@H](O)[C@H](OC2OC(C(=O)O)[C@@H](OC3OC(CO)[C@H](O)[C@H](OC4OC(C(=O)O)[C@@H](O)[C@H](OOO)[C@@H]4OSOOO)[C@@H]3NC(C)=O)[C@H](OSOOO)[C@@H]2OSOOO)[C@@H]1NC(C)=O. The van der Waals surface area contributed by atoms with Crippen LogP contribution in [0.25, 0.3) is 0 Å². The summed E-state index contributed by atoms with van der Waals surface area (Å²) in [5.74, 6) is -5.53. The van der Waals surface area contributed by atoms with Crippen molar-refractivity contribution in [3.8, 4) is 0 Å². The largest absolute Gasteiger partial charge is 0.479 e. The van der Waals surface area contributed by atoms with Crippen molar-refractivity contribution in [3.05, 3.63) is 12.7 Å². The average molecular weight is 1090 g/mol. The number of carboxylic acid groups (broad SMARTS) is 2. The first kappa shape index (κ1) is 60.1. The van der Waals surface area contributed by atoms with Crippen molar-refractivity contribution in [3.63, 3.8) is 0 Å². The number of hydrogen-bond acceptors (Lipinski definition) is 35. The first-order chi connectivity index (χ1) is 33.5. The fraction of sp³-hybridized carbons (Fsp3) is 0.806. The van der Waals surface area contributed by atoms with E-state index in [1.165, 1.54) is 6.08 Å². The highest BCUT2D eigenvalue weighted by atomic mass is 32.2. The number of aliphatic carboxylic acids is 2. The summed E-state index contributed by atoms with van der Waals surface area (Å²) in [5, 5.41) is 129. The number of aliphatic hydroxyl groups excluding tert-OH is 5. The summed E-state index contributed by atoms with van der Waals surface area (Å²) in [7, 11) is 0. The Morgan fingerprint density at radius 1 is 0.557 bits per heavy atom. The van der Waals surface area contributed by atoms with Crippen molar-refractivity contribution in [1.82, 2.24) is 10.6 Å². The van der Waals surface area contributed by atoms with Crippen LogP contribution in [0.1, 0.15) is 13.8 Å². The summed E-state index contributed by atoms with van der Waals surface area (Å²) in [5.41, 5.74) is 0. The van der Waals surface area contributed by atoms with E-state index in [-0.39, 0.29) is 43.6 Å². The summed E-state index contributed by atoms with van der Waals surface area (Å²) in [4.78, 5) is 55.2. The molecule has 0 aromatic rings. The van der Waals surface area contributed by atoms with Crippen LogP contribution in [0, 0.1) is 0 Å². The molecule has 4 saturated heterocycles. The molecule has 2 amide bonds. The first-order valence-corrected chi connectivity index (χ1v) is 21.5. The maximum absolute atomic E-state index is 13.2. The van der Waals surface area contributed by atoms with Crippen LogP contribution in [0.15, 0.2) is 12.7 Å². The van der Waals surface area contributed by atoms with Gasteiger partial charge in [-0.1, -0.05) is 26.2 Å². The first-order valence-electron chi connectivity index (χ1n) is 19.5. The van der Waals surface area contributed by atoms with Gasteiger partial charge in [0.05, 0.1) is 19.8 Å². The molecule has 4 rings (SSSR count). The van der Waals surface area contributed by atoms with E-state index in [4.69, 9.17) is 71.5 Å². The Balaban J connectivity index is 1.83. The molecule has 0 aliphatic carbocycles. The van der Waals surface area contributed by atoms with Gasteiger partial charge in [0.2, 0.25) is 11.8 Å². The molecule has 4 aliphatic heterocycles. The van der Waals surface area contributed by atoms with Crippen molar-refractivity contribution in [1.29, 1.82) is 0 Å². The number of carboxylic acids is 2.